The highest BCUT2D eigenvalue weighted by Crippen LogP contribution is 2.25. The van der Waals surface area contributed by atoms with Gasteiger partial charge in [-0.15, -0.1) is 0 Å². The van der Waals surface area contributed by atoms with Gasteiger partial charge in [0.25, 0.3) is 0 Å². The van der Waals surface area contributed by atoms with Gasteiger partial charge in [0.1, 0.15) is 5.82 Å². The SMILES string of the molecule is Cc1cc(F)c(Br)cc1NC(=O)CCC(F)(F)F. The molecule has 0 unspecified atom stereocenters. The Balaban J connectivity index is 2.68. The zero-order valence-corrected chi connectivity index (χ0v) is 11.0. The second-order valence-corrected chi connectivity index (χ2v) is 4.60. The normalized spacial score (nSPS) is 11.4. The quantitative estimate of drug-likeness (QED) is 0.829. The van der Waals surface area contributed by atoms with Crippen molar-refractivity contribution in [3.8, 4) is 0 Å². The Kier molecular flexibility index (Phi) is 4.72. The predicted molar refractivity (Wildman–Crippen MR) is 62.8 cm³/mol. The van der Waals surface area contributed by atoms with Crippen molar-refractivity contribution < 1.29 is 22.4 Å². The molecule has 1 aromatic carbocycles. The fourth-order valence-electron chi connectivity index (χ4n) is 1.25. The Morgan fingerprint density at radius 1 is 1.39 bits per heavy atom. The molecule has 0 spiro atoms. The third-order valence-corrected chi connectivity index (χ3v) is 2.78. The van der Waals surface area contributed by atoms with Gasteiger partial charge in [0.05, 0.1) is 10.9 Å². The maximum absolute atomic E-state index is 13.1. The van der Waals surface area contributed by atoms with E-state index in [1.807, 2.05) is 0 Å². The molecule has 1 aromatic rings. The number of nitrogens with one attached hydrogen (secondary N) is 1. The van der Waals surface area contributed by atoms with Gasteiger partial charge in [-0.25, -0.2) is 4.39 Å². The molecular weight excluding hydrogens is 318 g/mol. The fourth-order valence-corrected chi connectivity index (χ4v) is 1.59. The lowest BCUT2D eigenvalue weighted by Gasteiger charge is -2.10. The second-order valence-electron chi connectivity index (χ2n) is 3.74. The summed E-state index contributed by atoms with van der Waals surface area (Å²) in [5, 5.41) is 2.32. The first kappa shape index (κ1) is 14.9. The number of anilines is 1. The monoisotopic (exact) mass is 327 g/mol. The van der Waals surface area contributed by atoms with Crippen molar-refractivity contribution in [2.45, 2.75) is 25.9 Å². The van der Waals surface area contributed by atoms with Crippen molar-refractivity contribution in [3.05, 3.63) is 28.0 Å². The van der Waals surface area contributed by atoms with E-state index in [1.165, 1.54) is 12.1 Å². The summed E-state index contributed by atoms with van der Waals surface area (Å²) in [5.74, 6) is -1.25. The topological polar surface area (TPSA) is 29.1 Å². The Hall–Kier alpha value is -1.11. The van der Waals surface area contributed by atoms with Crippen LogP contribution in [0.5, 0.6) is 0 Å². The molecule has 0 aliphatic heterocycles. The van der Waals surface area contributed by atoms with Gasteiger partial charge in [-0.3, -0.25) is 4.79 Å². The number of rotatable bonds is 3. The smallest absolute Gasteiger partial charge is 0.326 e. The van der Waals surface area contributed by atoms with Crippen molar-refractivity contribution in [1.82, 2.24) is 0 Å². The largest absolute Gasteiger partial charge is 0.389 e. The number of benzene rings is 1. The molecule has 100 valence electrons. The van der Waals surface area contributed by atoms with E-state index in [2.05, 4.69) is 21.2 Å². The molecule has 0 aromatic heterocycles. The molecule has 0 fully saturated rings. The van der Waals surface area contributed by atoms with Crippen LogP contribution in [0, 0.1) is 12.7 Å². The van der Waals surface area contributed by atoms with Crippen molar-refractivity contribution in [3.63, 3.8) is 0 Å². The van der Waals surface area contributed by atoms with Crippen molar-refractivity contribution in [1.29, 1.82) is 0 Å². The lowest BCUT2D eigenvalue weighted by Crippen LogP contribution is -2.17. The molecule has 0 radical (unpaired) electrons. The molecule has 2 nitrogen and oxygen atoms in total. The van der Waals surface area contributed by atoms with E-state index in [9.17, 15) is 22.4 Å². The van der Waals surface area contributed by atoms with E-state index >= 15 is 0 Å². The summed E-state index contributed by atoms with van der Waals surface area (Å²) < 4.78 is 49.0. The molecule has 0 aliphatic rings. The minimum absolute atomic E-state index is 0.138. The lowest BCUT2D eigenvalue weighted by molar-refractivity contribution is -0.142. The standard InChI is InChI=1S/C11H10BrF4NO/c1-6-4-8(13)7(12)5-9(6)17-10(18)2-3-11(14,15)16/h4-5H,2-3H2,1H3,(H,17,18). The van der Waals surface area contributed by atoms with Crippen LogP contribution in [0.3, 0.4) is 0 Å². The molecule has 18 heavy (non-hydrogen) atoms. The van der Waals surface area contributed by atoms with E-state index in [0.717, 1.165) is 0 Å². The van der Waals surface area contributed by atoms with Gasteiger partial charge in [-0.1, -0.05) is 0 Å². The summed E-state index contributed by atoms with van der Waals surface area (Å²) in [5.41, 5.74) is 0.728. The van der Waals surface area contributed by atoms with Gasteiger partial charge in [0.15, 0.2) is 0 Å². The van der Waals surface area contributed by atoms with Crippen molar-refractivity contribution >= 4 is 27.5 Å². The van der Waals surface area contributed by atoms with Crippen LogP contribution in [0.15, 0.2) is 16.6 Å². The van der Waals surface area contributed by atoms with E-state index in [1.54, 1.807) is 6.92 Å². The van der Waals surface area contributed by atoms with E-state index in [4.69, 9.17) is 0 Å². The molecule has 7 heteroatoms. The summed E-state index contributed by atoms with van der Waals surface area (Å²) >= 11 is 2.93. The van der Waals surface area contributed by atoms with Gasteiger partial charge in [-0.2, -0.15) is 13.2 Å². The molecule has 1 amide bonds. The molecule has 0 saturated heterocycles. The summed E-state index contributed by atoms with van der Waals surface area (Å²) in [6.45, 7) is 1.55. The Morgan fingerprint density at radius 3 is 2.56 bits per heavy atom. The Labute approximate surface area is 109 Å². The fraction of sp³-hybridized carbons (Fsp3) is 0.364. The van der Waals surface area contributed by atoms with Gasteiger partial charge < -0.3 is 5.32 Å². The van der Waals surface area contributed by atoms with Crippen LogP contribution in [-0.2, 0) is 4.79 Å². The lowest BCUT2D eigenvalue weighted by atomic mass is 10.2. The van der Waals surface area contributed by atoms with Crippen LogP contribution in [-0.4, -0.2) is 12.1 Å². The first-order chi connectivity index (χ1) is 8.19. The molecule has 0 saturated carbocycles. The second kappa shape index (κ2) is 5.69. The minimum atomic E-state index is -4.37. The number of hydrogen-bond acceptors (Lipinski definition) is 1. The van der Waals surface area contributed by atoms with Crippen molar-refractivity contribution in [2.24, 2.45) is 0 Å². The van der Waals surface area contributed by atoms with Crippen LogP contribution in [0.2, 0.25) is 0 Å². The van der Waals surface area contributed by atoms with Crippen molar-refractivity contribution in [2.75, 3.05) is 5.32 Å². The van der Waals surface area contributed by atoms with Gasteiger partial charge in [0, 0.05) is 12.1 Å². The number of aryl methyl sites for hydroxylation is 1. The summed E-state index contributed by atoms with van der Waals surface area (Å²) in [6.07, 6.45) is -6.20. The molecule has 1 N–H and O–H groups in total. The van der Waals surface area contributed by atoms with E-state index < -0.39 is 30.7 Å². The van der Waals surface area contributed by atoms with Gasteiger partial charge in [0.2, 0.25) is 5.91 Å². The number of halogens is 5. The molecule has 1 rings (SSSR count). The van der Waals surface area contributed by atoms with E-state index in [-0.39, 0.29) is 10.2 Å². The molecular formula is C11H10BrF4NO. The van der Waals surface area contributed by atoms with Gasteiger partial charge >= 0.3 is 6.18 Å². The van der Waals surface area contributed by atoms with E-state index in [0.29, 0.717) is 5.56 Å². The highest BCUT2D eigenvalue weighted by molar-refractivity contribution is 9.10. The number of amides is 1. The average molecular weight is 328 g/mol. The zero-order valence-electron chi connectivity index (χ0n) is 9.37. The average Bonchev–Trinajstić information content (AvgIpc) is 2.22. The van der Waals surface area contributed by atoms with Crippen LogP contribution in [0.4, 0.5) is 23.2 Å². The summed E-state index contributed by atoms with van der Waals surface area (Å²) in [4.78, 5) is 11.3. The highest BCUT2D eigenvalue weighted by Gasteiger charge is 2.27. The minimum Gasteiger partial charge on any atom is -0.326 e. The maximum atomic E-state index is 13.1. The third kappa shape index (κ3) is 4.64. The maximum Gasteiger partial charge on any atom is 0.389 e. The molecule has 0 atom stereocenters. The molecule has 0 bridgehead atoms. The Bertz CT molecular complexity index is 459. The highest BCUT2D eigenvalue weighted by atomic mass is 79.9. The third-order valence-electron chi connectivity index (χ3n) is 2.18. The Morgan fingerprint density at radius 2 is 2.00 bits per heavy atom. The zero-order chi connectivity index (χ0) is 13.9. The first-order valence-corrected chi connectivity index (χ1v) is 5.80. The number of hydrogen-bond donors (Lipinski definition) is 1. The molecule has 0 aliphatic carbocycles. The number of alkyl halides is 3. The van der Waals surface area contributed by atoms with Crippen LogP contribution in [0.25, 0.3) is 0 Å². The first-order valence-electron chi connectivity index (χ1n) is 5.01. The van der Waals surface area contributed by atoms with Gasteiger partial charge in [-0.05, 0) is 40.5 Å². The summed E-state index contributed by atoms with van der Waals surface area (Å²) in [6, 6.07) is 2.50. The van der Waals surface area contributed by atoms with Crippen LogP contribution in [0.1, 0.15) is 18.4 Å². The molecule has 0 heterocycles. The number of carbonyl (C=O) groups is 1. The summed E-state index contributed by atoms with van der Waals surface area (Å²) in [7, 11) is 0. The van der Waals surface area contributed by atoms with Crippen LogP contribution >= 0.6 is 15.9 Å². The predicted octanol–water partition coefficient (Wildman–Crippen LogP) is 4.18. The van der Waals surface area contributed by atoms with Crippen LogP contribution < -0.4 is 5.32 Å². The number of carbonyl (C=O) groups excluding carboxylic acids is 1.